The molecule has 0 aromatic heterocycles. The molecule has 0 spiro atoms. The molecule has 3 aromatic carbocycles. The number of rotatable bonds is 7. The van der Waals surface area contributed by atoms with Crippen LogP contribution in [0.4, 0.5) is 5.69 Å². The van der Waals surface area contributed by atoms with Crippen molar-refractivity contribution in [3.05, 3.63) is 70.3 Å². The van der Waals surface area contributed by atoms with Crippen molar-refractivity contribution < 1.29 is 9.66 Å². The molecular formula is C23H23N3O3. The number of amidine groups is 1. The molecule has 148 valence electrons. The lowest BCUT2D eigenvalue weighted by atomic mass is 9.98. The Hall–Kier alpha value is -3.41. The summed E-state index contributed by atoms with van der Waals surface area (Å²) in [5, 5.41) is 16.5. The summed E-state index contributed by atoms with van der Waals surface area (Å²) >= 11 is 0. The van der Waals surface area contributed by atoms with E-state index >= 15 is 0 Å². The SMILES string of the molecule is CCCCOc1cc2ccc(-c3cccc([N+](=O)[O-])c3)cc2cc1C1=NCCN1. The third-order valence-electron chi connectivity index (χ3n) is 5.01. The van der Waals surface area contributed by atoms with Gasteiger partial charge in [0.25, 0.3) is 5.69 Å². The first-order valence-corrected chi connectivity index (χ1v) is 9.90. The first-order valence-electron chi connectivity index (χ1n) is 9.90. The van der Waals surface area contributed by atoms with Gasteiger partial charge in [-0.3, -0.25) is 15.1 Å². The number of fused-ring (bicyclic) bond motifs is 1. The Morgan fingerprint density at radius 3 is 2.72 bits per heavy atom. The van der Waals surface area contributed by atoms with Crippen molar-refractivity contribution in [3.8, 4) is 16.9 Å². The summed E-state index contributed by atoms with van der Waals surface area (Å²) in [6.07, 6.45) is 2.08. The van der Waals surface area contributed by atoms with Crippen molar-refractivity contribution in [1.29, 1.82) is 0 Å². The van der Waals surface area contributed by atoms with E-state index in [1.54, 1.807) is 12.1 Å². The van der Waals surface area contributed by atoms with E-state index in [1.807, 2.05) is 18.2 Å². The van der Waals surface area contributed by atoms with Crippen molar-refractivity contribution in [3.63, 3.8) is 0 Å². The van der Waals surface area contributed by atoms with Gasteiger partial charge >= 0.3 is 0 Å². The molecule has 0 atom stereocenters. The zero-order chi connectivity index (χ0) is 20.2. The fourth-order valence-electron chi connectivity index (χ4n) is 3.46. The van der Waals surface area contributed by atoms with Crippen LogP contribution in [0.5, 0.6) is 5.75 Å². The van der Waals surface area contributed by atoms with E-state index in [9.17, 15) is 10.1 Å². The van der Waals surface area contributed by atoms with E-state index in [1.165, 1.54) is 6.07 Å². The van der Waals surface area contributed by atoms with Crippen LogP contribution in [0.2, 0.25) is 0 Å². The Labute approximate surface area is 169 Å². The minimum Gasteiger partial charge on any atom is -0.493 e. The molecule has 1 heterocycles. The maximum Gasteiger partial charge on any atom is 0.270 e. The fourth-order valence-corrected chi connectivity index (χ4v) is 3.46. The number of unbranched alkanes of at least 4 members (excludes halogenated alkanes) is 1. The largest absolute Gasteiger partial charge is 0.493 e. The zero-order valence-electron chi connectivity index (χ0n) is 16.4. The molecule has 0 radical (unpaired) electrons. The molecule has 0 bridgehead atoms. The molecule has 3 aromatic rings. The number of nitro benzene ring substituents is 1. The highest BCUT2D eigenvalue weighted by atomic mass is 16.6. The van der Waals surface area contributed by atoms with Gasteiger partial charge in [0.05, 0.1) is 23.6 Å². The van der Waals surface area contributed by atoms with Crippen LogP contribution >= 0.6 is 0 Å². The second-order valence-electron chi connectivity index (χ2n) is 7.08. The number of nitro groups is 1. The van der Waals surface area contributed by atoms with Gasteiger partial charge in [0, 0.05) is 18.7 Å². The molecule has 0 saturated carbocycles. The topological polar surface area (TPSA) is 76.8 Å². The van der Waals surface area contributed by atoms with Crippen LogP contribution in [0.15, 0.2) is 59.6 Å². The third kappa shape index (κ3) is 4.06. The van der Waals surface area contributed by atoms with Gasteiger partial charge in [0.1, 0.15) is 11.6 Å². The minimum atomic E-state index is -0.369. The normalized spacial score (nSPS) is 13.2. The molecule has 0 aliphatic carbocycles. The molecule has 4 rings (SSSR count). The van der Waals surface area contributed by atoms with Crippen LogP contribution in [-0.4, -0.2) is 30.5 Å². The summed E-state index contributed by atoms with van der Waals surface area (Å²) in [6.45, 7) is 4.40. The zero-order valence-corrected chi connectivity index (χ0v) is 16.4. The van der Waals surface area contributed by atoms with E-state index < -0.39 is 0 Å². The van der Waals surface area contributed by atoms with Crippen molar-refractivity contribution in [1.82, 2.24) is 5.32 Å². The highest BCUT2D eigenvalue weighted by Gasteiger charge is 2.16. The van der Waals surface area contributed by atoms with Crippen LogP contribution in [0, 0.1) is 10.1 Å². The van der Waals surface area contributed by atoms with E-state index in [0.29, 0.717) is 6.61 Å². The molecule has 0 fully saturated rings. The number of hydrogen-bond acceptors (Lipinski definition) is 5. The molecular weight excluding hydrogens is 366 g/mol. The van der Waals surface area contributed by atoms with Gasteiger partial charge in [-0.15, -0.1) is 0 Å². The van der Waals surface area contributed by atoms with Crippen molar-refractivity contribution in [2.75, 3.05) is 19.7 Å². The summed E-state index contributed by atoms with van der Waals surface area (Å²) in [6, 6.07) is 16.9. The Balaban J connectivity index is 1.77. The van der Waals surface area contributed by atoms with Crippen LogP contribution in [0.1, 0.15) is 25.3 Å². The summed E-state index contributed by atoms with van der Waals surface area (Å²) in [7, 11) is 0. The Morgan fingerprint density at radius 2 is 1.97 bits per heavy atom. The second kappa shape index (κ2) is 8.31. The maximum absolute atomic E-state index is 11.1. The highest BCUT2D eigenvalue weighted by molar-refractivity contribution is 6.06. The maximum atomic E-state index is 11.1. The van der Waals surface area contributed by atoms with E-state index in [2.05, 4.69) is 35.4 Å². The quantitative estimate of drug-likeness (QED) is 0.353. The van der Waals surface area contributed by atoms with E-state index in [-0.39, 0.29) is 10.6 Å². The number of non-ortho nitro benzene ring substituents is 1. The van der Waals surface area contributed by atoms with Crippen LogP contribution in [-0.2, 0) is 0 Å². The van der Waals surface area contributed by atoms with Gasteiger partial charge in [-0.25, -0.2) is 0 Å². The molecule has 6 nitrogen and oxygen atoms in total. The smallest absolute Gasteiger partial charge is 0.270 e. The summed E-state index contributed by atoms with van der Waals surface area (Å²) in [4.78, 5) is 15.3. The van der Waals surface area contributed by atoms with Gasteiger partial charge in [-0.05, 0) is 46.5 Å². The monoisotopic (exact) mass is 389 g/mol. The molecule has 29 heavy (non-hydrogen) atoms. The van der Waals surface area contributed by atoms with Crippen LogP contribution in [0.3, 0.4) is 0 Å². The number of benzene rings is 3. The van der Waals surface area contributed by atoms with Gasteiger partial charge in [-0.1, -0.05) is 37.6 Å². The predicted octanol–water partition coefficient (Wildman–Crippen LogP) is 4.94. The van der Waals surface area contributed by atoms with Crippen LogP contribution < -0.4 is 10.1 Å². The average Bonchev–Trinajstić information content (AvgIpc) is 3.28. The third-order valence-corrected chi connectivity index (χ3v) is 5.01. The lowest BCUT2D eigenvalue weighted by molar-refractivity contribution is -0.384. The second-order valence-corrected chi connectivity index (χ2v) is 7.08. The molecule has 0 saturated heterocycles. The van der Waals surface area contributed by atoms with E-state index in [4.69, 9.17) is 4.74 Å². The summed E-state index contributed by atoms with van der Waals surface area (Å²) < 4.78 is 6.06. The first-order chi connectivity index (χ1) is 14.2. The molecule has 6 heteroatoms. The Kier molecular flexibility index (Phi) is 5.42. The summed E-state index contributed by atoms with van der Waals surface area (Å²) in [5.41, 5.74) is 2.81. The molecule has 1 aliphatic rings. The molecule has 0 unspecified atom stereocenters. The summed E-state index contributed by atoms with van der Waals surface area (Å²) in [5.74, 6) is 1.70. The standard InChI is InChI=1S/C23H23N3O3/c1-2-3-11-29-22-15-18-8-7-17(16-5-4-6-20(13-16)26(27)28)12-19(18)14-21(22)23-24-9-10-25-23/h4-8,12-15H,2-3,9-11H2,1H3,(H,24,25). The lowest BCUT2D eigenvalue weighted by Crippen LogP contribution is -2.20. The number of ether oxygens (including phenoxy) is 1. The molecule has 1 N–H and O–H groups in total. The Morgan fingerprint density at radius 1 is 1.10 bits per heavy atom. The van der Waals surface area contributed by atoms with Crippen molar-refractivity contribution in [2.24, 2.45) is 4.99 Å². The number of nitrogens with one attached hydrogen (secondary N) is 1. The Bertz CT molecular complexity index is 1090. The lowest BCUT2D eigenvalue weighted by Gasteiger charge is -2.14. The minimum absolute atomic E-state index is 0.0902. The molecule has 0 amide bonds. The molecule has 1 aliphatic heterocycles. The number of nitrogens with zero attached hydrogens (tertiary/aromatic N) is 2. The predicted molar refractivity (Wildman–Crippen MR) is 116 cm³/mol. The number of aliphatic imine (C=N–C) groups is 1. The van der Waals surface area contributed by atoms with Crippen molar-refractivity contribution in [2.45, 2.75) is 19.8 Å². The van der Waals surface area contributed by atoms with Gasteiger partial charge < -0.3 is 10.1 Å². The highest BCUT2D eigenvalue weighted by Crippen LogP contribution is 2.31. The number of hydrogen-bond donors (Lipinski definition) is 1. The first kappa shape index (κ1) is 18.9. The van der Waals surface area contributed by atoms with Gasteiger partial charge in [-0.2, -0.15) is 0 Å². The fraction of sp³-hybridized carbons (Fsp3) is 0.261. The van der Waals surface area contributed by atoms with Crippen molar-refractivity contribution >= 4 is 22.3 Å². The van der Waals surface area contributed by atoms with Gasteiger partial charge in [0.15, 0.2) is 0 Å². The van der Waals surface area contributed by atoms with E-state index in [0.717, 1.165) is 65.0 Å². The van der Waals surface area contributed by atoms with Gasteiger partial charge in [0.2, 0.25) is 0 Å². The average molecular weight is 389 g/mol. The van der Waals surface area contributed by atoms with Crippen LogP contribution in [0.25, 0.3) is 21.9 Å².